The summed E-state index contributed by atoms with van der Waals surface area (Å²) in [5.41, 5.74) is 0.826. The van der Waals surface area contributed by atoms with E-state index >= 15 is 0 Å². The molecular formula is C10H17NO3. The van der Waals surface area contributed by atoms with Gasteiger partial charge in [-0.05, 0) is 26.3 Å². The molecular weight excluding hydrogens is 182 g/mol. The first-order chi connectivity index (χ1) is 6.58. The summed E-state index contributed by atoms with van der Waals surface area (Å²) in [4.78, 5) is 12.5. The molecule has 0 aliphatic carbocycles. The van der Waals surface area contributed by atoms with Crippen molar-refractivity contribution >= 4 is 5.97 Å². The van der Waals surface area contributed by atoms with Crippen LogP contribution in [0.15, 0.2) is 11.6 Å². The van der Waals surface area contributed by atoms with Gasteiger partial charge >= 0.3 is 5.97 Å². The van der Waals surface area contributed by atoms with E-state index in [0.29, 0.717) is 13.1 Å². The predicted octanol–water partition coefficient (Wildman–Crippen LogP) is 0.474. The maximum Gasteiger partial charge on any atom is 0.328 e. The lowest BCUT2D eigenvalue weighted by atomic mass is 10.1. The van der Waals surface area contributed by atoms with E-state index in [1.165, 1.54) is 6.08 Å². The highest BCUT2D eigenvalue weighted by Crippen LogP contribution is 2.11. The lowest BCUT2D eigenvalue weighted by Gasteiger charge is -2.30. The molecule has 1 heterocycles. The van der Waals surface area contributed by atoms with Crippen molar-refractivity contribution in [3.8, 4) is 0 Å². The summed E-state index contributed by atoms with van der Waals surface area (Å²) < 4.78 is 0. The maximum atomic E-state index is 10.4. The van der Waals surface area contributed by atoms with Gasteiger partial charge in [0.05, 0.1) is 6.10 Å². The fourth-order valence-electron chi connectivity index (χ4n) is 1.78. The van der Waals surface area contributed by atoms with Crippen LogP contribution in [-0.2, 0) is 4.79 Å². The molecule has 1 rings (SSSR count). The number of aliphatic hydroxyl groups excluding tert-OH is 1. The first kappa shape index (κ1) is 11.2. The molecule has 0 bridgehead atoms. The number of β-amino-alcohol motifs (C(OH)–C–C–N with tert-alkyl or cyclic N) is 1. The van der Waals surface area contributed by atoms with Crippen molar-refractivity contribution in [2.45, 2.75) is 25.9 Å². The van der Waals surface area contributed by atoms with Crippen LogP contribution in [0.5, 0.6) is 0 Å². The van der Waals surface area contributed by atoms with Crippen molar-refractivity contribution in [1.82, 2.24) is 4.90 Å². The van der Waals surface area contributed by atoms with Crippen molar-refractivity contribution in [3.05, 3.63) is 11.6 Å². The molecule has 1 aliphatic rings. The van der Waals surface area contributed by atoms with Crippen LogP contribution in [-0.4, -0.2) is 46.8 Å². The van der Waals surface area contributed by atoms with Crippen molar-refractivity contribution in [2.75, 3.05) is 19.6 Å². The van der Waals surface area contributed by atoms with Gasteiger partial charge in [-0.1, -0.05) is 5.57 Å². The van der Waals surface area contributed by atoms with E-state index in [-0.39, 0.29) is 6.10 Å². The molecule has 0 radical (unpaired) electrons. The minimum absolute atomic E-state index is 0.249. The number of carbonyl (C=O) groups is 1. The summed E-state index contributed by atoms with van der Waals surface area (Å²) in [5.74, 6) is -0.903. The zero-order valence-electron chi connectivity index (χ0n) is 8.44. The summed E-state index contributed by atoms with van der Waals surface area (Å²) in [6, 6.07) is 0. The third kappa shape index (κ3) is 3.89. The molecule has 1 aliphatic heterocycles. The Morgan fingerprint density at radius 2 is 2.36 bits per heavy atom. The monoisotopic (exact) mass is 199 g/mol. The Bertz CT molecular complexity index is 238. The Hall–Kier alpha value is -0.870. The van der Waals surface area contributed by atoms with Crippen LogP contribution in [0.2, 0.25) is 0 Å². The number of piperidine rings is 1. The predicted molar refractivity (Wildman–Crippen MR) is 53.1 cm³/mol. The standard InChI is InChI=1S/C10H17NO3/c1-8(5-10(13)14)6-11-4-2-3-9(12)7-11/h5,9,12H,2-4,6-7H2,1H3,(H,13,14). The molecule has 14 heavy (non-hydrogen) atoms. The average molecular weight is 199 g/mol. The first-order valence-electron chi connectivity index (χ1n) is 4.88. The fourth-order valence-corrected chi connectivity index (χ4v) is 1.78. The van der Waals surface area contributed by atoms with E-state index in [1.54, 1.807) is 6.92 Å². The minimum Gasteiger partial charge on any atom is -0.478 e. The van der Waals surface area contributed by atoms with E-state index in [1.807, 2.05) is 0 Å². The lowest BCUT2D eigenvalue weighted by molar-refractivity contribution is -0.131. The summed E-state index contributed by atoms with van der Waals surface area (Å²) in [6.07, 6.45) is 2.82. The number of likely N-dealkylation sites (tertiary alicyclic amines) is 1. The minimum atomic E-state index is -0.903. The molecule has 0 amide bonds. The van der Waals surface area contributed by atoms with Crippen molar-refractivity contribution in [1.29, 1.82) is 0 Å². The Balaban J connectivity index is 2.39. The van der Waals surface area contributed by atoms with Crippen molar-refractivity contribution in [2.24, 2.45) is 0 Å². The van der Waals surface area contributed by atoms with Crippen LogP contribution < -0.4 is 0 Å². The van der Waals surface area contributed by atoms with Crippen LogP contribution in [0, 0.1) is 0 Å². The third-order valence-corrected chi connectivity index (χ3v) is 2.32. The van der Waals surface area contributed by atoms with Gasteiger partial charge in [-0.15, -0.1) is 0 Å². The van der Waals surface area contributed by atoms with E-state index in [0.717, 1.165) is 25.0 Å². The molecule has 4 nitrogen and oxygen atoms in total. The normalized spacial score (nSPS) is 25.0. The number of rotatable bonds is 3. The topological polar surface area (TPSA) is 60.8 Å². The van der Waals surface area contributed by atoms with E-state index < -0.39 is 5.97 Å². The molecule has 1 fully saturated rings. The smallest absolute Gasteiger partial charge is 0.328 e. The Labute approximate surface area is 83.8 Å². The quantitative estimate of drug-likeness (QED) is 0.649. The second kappa shape index (κ2) is 5.12. The number of hydrogen-bond donors (Lipinski definition) is 2. The van der Waals surface area contributed by atoms with Gasteiger partial charge < -0.3 is 10.2 Å². The SMILES string of the molecule is CC(=CC(=O)O)CN1CCCC(O)C1. The van der Waals surface area contributed by atoms with E-state index in [2.05, 4.69) is 4.90 Å². The molecule has 2 N–H and O–H groups in total. The van der Waals surface area contributed by atoms with Gasteiger partial charge in [0.1, 0.15) is 0 Å². The highest BCUT2D eigenvalue weighted by atomic mass is 16.4. The van der Waals surface area contributed by atoms with Crippen molar-refractivity contribution in [3.63, 3.8) is 0 Å². The molecule has 0 aromatic carbocycles. The maximum absolute atomic E-state index is 10.4. The van der Waals surface area contributed by atoms with E-state index in [9.17, 15) is 9.90 Å². The van der Waals surface area contributed by atoms with Crippen LogP contribution >= 0.6 is 0 Å². The van der Waals surface area contributed by atoms with E-state index in [4.69, 9.17) is 5.11 Å². The van der Waals surface area contributed by atoms with Crippen LogP contribution in [0.25, 0.3) is 0 Å². The summed E-state index contributed by atoms with van der Waals surface area (Å²) in [7, 11) is 0. The summed E-state index contributed by atoms with van der Waals surface area (Å²) >= 11 is 0. The molecule has 80 valence electrons. The molecule has 1 unspecified atom stereocenters. The third-order valence-electron chi connectivity index (χ3n) is 2.32. The number of aliphatic hydroxyl groups is 1. The van der Waals surface area contributed by atoms with Gasteiger partial charge in [-0.3, -0.25) is 4.90 Å². The fraction of sp³-hybridized carbons (Fsp3) is 0.700. The van der Waals surface area contributed by atoms with Gasteiger partial charge in [0.2, 0.25) is 0 Å². The molecule has 0 spiro atoms. The number of carboxylic acids is 1. The number of nitrogens with zero attached hydrogens (tertiary/aromatic N) is 1. The zero-order valence-corrected chi connectivity index (χ0v) is 8.44. The van der Waals surface area contributed by atoms with Crippen molar-refractivity contribution < 1.29 is 15.0 Å². The summed E-state index contributed by atoms with van der Waals surface area (Å²) in [6.45, 7) is 4.05. The number of aliphatic carboxylic acids is 1. The Morgan fingerprint density at radius 1 is 1.64 bits per heavy atom. The van der Waals surface area contributed by atoms with Crippen LogP contribution in [0.1, 0.15) is 19.8 Å². The average Bonchev–Trinajstić information content (AvgIpc) is 2.01. The van der Waals surface area contributed by atoms with Gasteiger partial charge in [0.25, 0.3) is 0 Å². The number of hydrogen-bond acceptors (Lipinski definition) is 3. The van der Waals surface area contributed by atoms with Gasteiger partial charge in [-0.25, -0.2) is 4.79 Å². The molecule has 0 aromatic rings. The molecule has 0 saturated carbocycles. The second-order valence-corrected chi connectivity index (χ2v) is 3.86. The molecule has 1 atom stereocenters. The van der Waals surface area contributed by atoms with Gasteiger partial charge in [-0.2, -0.15) is 0 Å². The molecule has 0 aromatic heterocycles. The molecule has 1 saturated heterocycles. The second-order valence-electron chi connectivity index (χ2n) is 3.86. The van der Waals surface area contributed by atoms with Gasteiger partial charge in [0.15, 0.2) is 0 Å². The van der Waals surface area contributed by atoms with Gasteiger partial charge in [0, 0.05) is 19.2 Å². The molecule has 4 heteroatoms. The highest BCUT2D eigenvalue weighted by molar-refractivity contribution is 5.80. The van der Waals surface area contributed by atoms with Crippen LogP contribution in [0.4, 0.5) is 0 Å². The number of carboxylic acid groups (broad SMARTS) is 1. The largest absolute Gasteiger partial charge is 0.478 e. The first-order valence-corrected chi connectivity index (χ1v) is 4.88. The zero-order chi connectivity index (χ0) is 10.6. The summed E-state index contributed by atoms with van der Waals surface area (Å²) in [5, 5.41) is 17.9. The van der Waals surface area contributed by atoms with Crippen LogP contribution in [0.3, 0.4) is 0 Å². The Morgan fingerprint density at radius 3 is 2.93 bits per heavy atom. The Kier molecular flexibility index (Phi) is 4.10. The lowest BCUT2D eigenvalue weighted by Crippen LogP contribution is -2.39. The highest BCUT2D eigenvalue weighted by Gasteiger charge is 2.17.